The van der Waals surface area contributed by atoms with Gasteiger partial charge in [0.05, 0.1) is 0 Å². The summed E-state index contributed by atoms with van der Waals surface area (Å²) in [5.41, 5.74) is 7.15. The van der Waals surface area contributed by atoms with E-state index < -0.39 is 0 Å². The predicted octanol–water partition coefficient (Wildman–Crippen LogP) is 1.28. The summed E-state index contributed by atoms with van der Waals surface area (Å²) in [5, 5.41) is 11.7. The Morgan fingerprint density at radius 3 is 2.89 bits per heavy atom. The average molecular weight is 245 g/mol. The molecule has 0 saturated heterocycles. The molecular formula is C12H15N5O. The van der Waals surface area contributed by atoms with Crippen LogP contribution in [0.5, 0.6) is 0 Å². The van der Waals surface area contributed by atoms with Crippen LogP contribution in [0, 0.1) is 0 Å². The first-order chi connectivity index (χ1) is 8.63. The molecule has 0 aliphatic rings. The Morgan fingerprint density at radius 1 is 1.50 bits per heavy atom. The lowest BCUT2D eigenvalue weighted by Gasteiger charge is -2.18. The molecule has 0 spiro atoms. The van der Waals surface area contributed by atoms with Crippen LogP contribution >= 0.6 is 0 Å². The Bertz CT molecular complexity index is 575. The first-order valence-corrected chi connectivity index (χ1v) is 5.42. The number of nitrogens with zero attached hydrogens (tertiary/aromatic N) is 4. The second-order valence-electron chi connectivity index (χ2n) is 3.93. The largest absolute Gasteiger partial charge is 0.409 e. The Hall–Kier alpha value is -2.50. The molecule has 2 aromatic rings. The number of amidine groups is 1. The van der Waals surface area contributed by atoms with E-state index in [2.05, 4.69) is 10.1 Å². The SMILES string of the molecule is CN(c1cccc(C(N)=NO)c1)c1nccn1C. The molecule has 0 saturated carbocycles. The summed E-state index contributed by atoms with van der Waals surface area (Å²) in [6, 6.07) is 7.40. The maximum Gasteiger partial charge on any atom is 0.209 e. The van der Waals surface area contributed by atoms with E-state index >= 15 is 0 Å². The van der Waals surface area contributed by atoms with E-state index in [0.717, 1.165) is 11.6 Å². The fraction of sp³-hybridized carbons (Fsp3) is 0.167. The molecule has 0 bridgehead atoms. The van der Waals surface area contributed by atoms with Gasteiger partial charge in [-0.1, -0.05) is 17.3 Å². The minimum atomic E-state index is 0.0880. The lowest BCUT2D eigenvalue weighted by atomic mass is 10.2. The van der Waals surface area contributed by atoms with Crippen LogP contribution in [0.1, 0.15) is 5.56 Å². The smallest absolute Gasteiger partial charge is 0.209 e. The summed E-state index contributed by atoms with van der Waals surface area (Å²) in [6.07, 6.45) is 3.61. The van der Waals surface area contributed by atoms with Gasteiger partial charge < -0.3 is 20.4 Å². The van der Waals surface area contributed by atoms with Gasteiger partial charge in [-0.25, -0.2) is 4.98 Å². The van der Waals surface area contributed by atoms with Gasteiger partial charge in [0.15, 0.2) is 5.84 Å². The summed E-state index contributed by atoms with van der Waals surface area (Å²) in [7, 11) is 3.83. The van der Waals surface area contributed by atoms with Crippen LogP contribution in [0.2, 0.25) is 0 Å². The monoisotopic (exact) mass is 245 g/mol. The number of nitrogens with two attached hydrogens (primary N) is 1. The maximum absolute atomic E-state index is 8.68. The van der Waals surface area contributed by atoms with E-state index in [1.54, 1.807) is 12.3 Å². The highest BCUT2D eigenvalue weighted by Crippen LogP contribution is 2.22. The summed E-state index contributed by atoms with van der Waals surface area (Å²) < 4.78 is 1.91. The second-order valence-corrected chi connectivity index (χ2v) is 3.93. The van der Waals surface area contributed by atoms with Gasteiger partial charge >= 0.3 is 0 Å². The molecule has 6 nitrogen and oxygen atoms in total. The zero-order valence-corrected chi connectivity index (χ0v) is 10.3. The third-order valence-electron chi connectivity index (χ3n) is 2.73. The number of aromatic nitrogens is 2. The van der Waals surface area contributed by atoms with Gasteiger partial charge in [0.25, 0.3) is 0 Å². The Labute approximate surface area is 105 Å². The van der Waals surface area contributed by atoms with E-state index in [1.165, 1.54) is 0 Å². The molecule has 3 N–H and O–H groups in total. The van der Waals surface area contributed by atoms with Crippen LogP contribution in [0.3, 0.4) is 0 Å². The molecule has 18 heavy (non-hydrogen) atoms. The van der Waals surface area contributed by atoms with Crippen LogP contribution in [-0.2, 0) is 7.05 Å². The molecule has 1 aromatic carbocycles. The third-order valence-corrected chi connectivity index (χ3v) is 2.73. The number of aryl methyl sites for hydroxylation is 1. The van der Waals surface area contributed by atoms with Crippen molar-refractivity contribution in [2.45, 2.75) is 0 Å². The molecule has 0 amide bonds. The lowest BCUT2D eigenvalue weighted by Crippen LogP contribution is -2.17. The molecule has 2 rings (SSSR count). The molecule has 1 heterocycles. The van der Waals surface area contributed by atoms with Gasteiger partial charge in [0.1, 0.15) is 0 Å². The Balaban J connectivity index is 2.37. The number of hydrogen-bond donors (Lipinski definition) is 2. The van der Waals surface area contributed by atoms with Crippen LogP contribution in [0.25, 0.3) is 0 Å². The van der Waals surface area contributed by atoms with Crippen LogP contribution < -0.4 is 10.6 Å². The molecule has 0 aliphatic heterocycles. The number of hydrogen-bond acceptors (Lipinski definition) is 4. The third kappa shape index (κ3) is 2.13. The minimum absolute atomic E-state index is 0.0880. The molecule has 0 atom stereocenters. The van der Waals surface area contributed by atoms with Crippen molar-refractivity contribution in [3.8, 4) is 0 Å². The first-order valence-electron chi connectivity index (χ1n) is 5.42. The number of anilines is 2. The van der Waals surface area contributed by atoms with Crippen LogP contribution in [0.4, 0.5) is 11.6 Å². The standard InChI is InChI=1S/C12H15N5O/c1-16-7-6-14-12(16)17(2)10-5-3-4-9(8-10)11(13)15-18/h3-8,18H,1-2H3,(H2,13,15). The van der Waals surface area contributed by atoms with E-state index in [1.807, 2.05) is 48.0 Å². The fourth-order valence-corrected chi connectivity index (χ4v) is 1.73. The summed E-state index contributed by atoms with van der Waals surface area (Å²) in [6.45, 7) is 0. The molecule has 94 valence electrons. The molecule has 6 heteroatoms. The van der Waals surface area contributed by atoms with Crippen molar-refractivity contribution in [1.29, 1.82) is 0 Å². The quantitative estimate of drug-likeness (QED) is 0.369. The van der Waals surface area contributed by atoms with Crippen molar-refractivity contribution >= 4 is 17.5 Å². The van der Waals surface area contributed by atoms with Crippen LogP contribution in [-0.4, -0.2) is 27.6 Å². The van der Waals surface area contributed by atoms with Gasteiger partial charge in [-0.05, 0) is 12.1 Å². The molecule has 0 radical (unpaired) electrons. The highest BCUT2D eigenvalue weighted by atomic mass is 16.4. The molecule has 1 aromatic heterocycles. The average Bonchev–Trinajstić information content (AvgIpc) is 2.83. The number of benzene rings is 1. The number of rotatable bonds is 3. The van der Waals surface area contributed by atoms with Gasteiger partial charge in [0, 0.05) is 37.7 Å². The fourth-order valence-electron chi connectivity index (χ4n) is 1.73. The van der Waals surface area contributed by atoms with Crippen molar-refractivity contribution in [3.05, 3.63) is 42.2 Å². The zero-order valence-electron chi connectivity index (χ0n) is 10.3. The molecule has 0 unspecified atom stereocenters. The number of imidazole rings is 1. The zero-order chi connectivity index (χ0) is 13.1. The van der Waals surface area contributed by atoms with Crippen molar-refractivity contribution in [3.63, 3.8) is 0 Å². The molecular weight excluding hydrogens is 230 g/mol. The topological polar surface area (TPSA) is 79.7 Å². The van der Waals surface area contributed by atoms with Crippen molar-refractivity contribution in [2.75, 3.05) is 11.9 Å². The van der Waals surface area contributed by atoms with Crippen molar-refractivity contribution < 1.29 is 5.21 Å². The Kier molecular flexibility index (Phi) is 3.18. The highest BCUT2D eigenvalue weighted by Gasteiger charge is 2.09. The normalized spacial score (nSPS) is 11.6. The summed E-state index contributed by atoms with van der Waals surface area (Å²) >= 11 is 0. The number of oxime groups is 1. The van der Waals surface area contributed by atoms with E-state index in [4.69, 9.17) is 10.9 Å². The Morgan fingerprint density at radius 2 is 2.28 bits per heavy atom. The summed E-state index contributed by atoms with van der Waals surface area (Å²) in [5.74, 6) is 0.900. The van der Waals surface area contributed by atoms with E-state index in [9.17, 15) is 0 Å². The highest BCUT2D eigenvalue weighted by molar-refractivity contribution is 5.97. The van der Waals surface area contributed by atoms with Gasteiger partial charge in [-0.15, -0.1) is 0 Å². The van der Waals surface area contributed by atoms with Gasteiger partial charge in [0.2, 0.25) is 5.95 Å². The predicted molar refractivity (Wildman–Crippen MR) is 70.2 cm³/mol. The molecule has 0 fully saturated rings. The second kappa shape index (κ2) is 4.79. The minimum Gasteiger partial charge on any atom is -0.409 e. The van der Waals surface area contributed by atoms with Crippen molar-refractivity contribution in [2.24, 2.45) is 17.9 Å². The van der Waals surface area contributed by atoms with E-state index in [0.29, 0.717) is 5.56 Å². The first kappa shape index (κ1) is 12.0. The van der Waals surface area contributed by atoms with Gasteiger partial charge in [-0.2, -0.15) is 0 Å². The maximum atomic E-state index is 8.68. The van der Waals surface area contributed by atoms with E-state index in [-0.39, 0.29) is 5.84 Å². The molecule has 0 aliphatic carbocycles. The lowest BCUT2D eigenvalue weighted by molar-refractivity contribution is 0.318. The van der Waals surface area contributed by atoms with Gasteiger partial charge in [-0.3, -0.25) is 0 Å². The summed E-state index contributed by atoms with van der Waals surface area (Å²) in [4.78, 5) is 6.19. The van der Waals surface area contributed by atoms with Crippen LogP contribution in [0.15, 0.2) is 41.8 Å². The van der Waals surface area contributed by atoms with Crippen molar-refractivity contribution in [1.82, 2.24) is 9.55 Å².